The molecule has 0 saturated heterocycles. The van der Waals surface area contributed by atoms with Crippen LogP contribution < -0.4 is 0 Å². The summed E-state index contributed by atoms with van der Waals surface area (Å²) in [6.45, 7) is 0. The fourth-order valence-electron chi connectivity index (χ4n) is 0.977. The van der Waals surface area contributed by atoms with Crippen molar-refractivity contribution in [1.29, 1.82) is 0 Å². The van der Waals surface area contributed by atoms with Gasteiger partial charge in [0, 0.05) is 0 Å². The minimum atomic E-state index is -4.74. The maximum atomic E-state index is 12.3. The van der Waals surface area contributed by atoms with E-state index in [0.717, 1.165) is 0 Å². The molecule has 0 aromatic carbocycles. The smallest absolute Gasteiger partial charge is 0.433 e. The van der Waals surface area contributed by atoms with Gasteiger partial charge in [-0.05, 0) is 6.07 Å². The van der Waals surface area contributed by atoms with Crippen molar-refractivity contribution in [3.63, 3.8) is 0 Å². The van der Waals surface area contributed by atoms with Gasteiger partial charge >= 0.3 is 17.8 Å². The van der Waals surface area contributed by atoms with E-state index in [1.807, 2.05) is 0 Å². The summed E-state index contributed by atoms with van der Waals surface area (Å²) in [5.41, 5.74) is -1.96. The predicted octanol–water partition coefficient (Wildman–Crippen LogP) is 2.19. The van der Waals surface area contributed by atoms with Gasteiger partial charge in [-0.25, -0.2) is 4.98 Å². The lowest BCUT2D eigenvalue weighted by Crippen LogP contribution is -2.09. The van der Waals surface area contributed by atoms with E-state index in [1.165, 1.54) is 0 Å². The lowest BCUT2D eigenvalue weighted by Gasteiger charge is -2.07. The van der Waals surface area contributed by atoms with Crippen molar-refractivity contribution in [2.24, 2.45) is 0 Å². The molecule has 1 aromatic heterocycles. The van der Waals surface area contributed by atoms with Gasteiger partial charge in [-0.1, -0.05) is 0 Å². The molecule has 0 aliphatic rings. The van der Waals surface area contributed by atoms with Crippen LogP contribution in [0.3, 0.4) is 0 Å². The summed E-state index contributed by atoms with van der Waals surface area (Å²) >= 11 is 0.433. The number of thioether (sulfide) groups is 1. The van der Waals surface area contributed by atoms with Crippen molar-refractivity contribution in [3.05, 3.63) is 28.1 Å². The third kappa shape index (κ3) is 3.58. The van der Waals surface area contributed by atoms with Crippen LogP contribution in [0.2, 0.25) is 0 Å². The second kappa shape index (κ2) is 5.21. The number of nitrogens with zero attached hydrogens (tertiary/aromatic N) is 2. The zero-order valence-corrected chi connectivity index (χ0v) is 9.29. The summed E-state index contributed by atoms with van der Waals surface area (Å²) in [6.07, 6.45) is -4.28. The van der Waals surface area contributed by atoms with Crippen molar-refractivity contribution >= 4 is 23.4 Å². The second-order valence-electron chi connectivity index (χ2n) is 2.97. The summed E-state index contributed by atoms with van der Waals surface area (Å²) in [7, 11) is 0. The predicted molar refractivity (Wildman–Crippen MR) is 54.3 cm³/mol. The van der Waals surface area contributed by atoms with E-state index in [2.05, 4.69) is 4.98 Å². The maximum absolute atomic E-state index is 12.3. The number of carbonyl (C=O) groups is 1. The van der Waals surface area contributed by atoms with Gasteiger partial charge in [0.1, 0.15) is 11.9 Å². The van der Waals surface area contributed by atoms with Gasteiger partial charge in [-0.3, -0.25) is 14.9 Å². The molecule has 0 radical (unpaired) electrons. The molecule has 0 aliphatic heterocycles. The summed E-state index contributed by atoms with van der Waals surface area (Å²) in [5, 5.41) is 19.0. The highest BCUT2D eigenvalue weighted by Crippen LogP contribution is 2.34. The Bertz CT molecular complexity index is 492. The zero-order chi connectivity index (χ0) is 13.9. The first kappa shape index (κ1) is 14.2. The number of alkyl halides is 3. The third-order valence-corrected chi connectivity index (χ3v) is 2.71. The van der Waals surface area contributed by atoms with Crippen molar-refractivity contribution in [2.45, 2.75) is 11.1 Å². The third-order valence-electron chi connectivity index (χ3n) is 1.68. The Balaban J connectivity index is 3.15. The molecule has 0 atom stereocenters. The van der Waals surface area contributed by atoms with Crippen molar-refractivity contribution in [2.75, 3.05) is 5.75 Å². The first-order valence-electron chi connectivity index (χ1n) is 4.28. The number of carboxylic acid groups (broad SMARTS) is 1. The van der Waals surface area contributed by atoms with Gasteiger partial charge < -0.3 is 5.11 Å². The zero-order valence-electron chi connectivity index (χ0n) is 8.47. The molecule has 0 aliphatic carbocycles. The molecule has 98 valence electrons. The molecular formula is C8H5F3N2O4S. The quantitative estimate of drug-likeness (QED) is 0.517. The molecule has 1 heterocycles. The summed E-state index contributed by atoms with van der Waals surface area (Å²) in [5.74, 6) is -1.87. The molecule has 1 rings (SSSR count). The molecule has 0 amide bonds. The Kier molecular flexibility index (Phi) is 4.11. The molecule has 0 bridgehead atoms. The average molecular weight is 282 g/mol. The fraction of sp³-hybridized carbons (Fsp3) is 0.250. The normalized spacial score (nSPS) is 11.3. The number of aliphatic carboxylic acids is 1. The standard InChI is InChI=1S/C8H5F3N2O4S/c9-8(10,11)6-1-5(18-3-7(14)15)4(2-12-6)13(16)17/h1-2H,3H2,(H,14,15). The van der Waals surface area contributed by atoms with Gasteiger partial charge in [0.2, 0.25) is 0 Å². The Morgan fingerprint density at radius 2 is 2.17 bits per heavy atom. The Morgan fingerprint density at radius 1 is 1.56 bits per heavy atom. The Morgan fingerprint density at radius 3 is 2.61 bits per heavy atom. The molecule has 0 unspecified atom stereocenters. The van der Waals surface area contributed by atoms with E-state index < -0.39 is 34.2 Å². The number of halogens is 3. The van der Waals surface area contributed by atoms with Crippen LogP contribution >= 0.6 is 11.8 Å². The second-order valence-corrected chi connectivity index (χ2v) is 3.99. The number of rotatable bonds is 4. The van der Waals surface area contributed by atoms with E-state index in [0.29, 0.717) is 24.0 Å². The van der Waals surface area contributed by atoms with E-state index in [1.54, 1.807) is 0 Å². The van der Waals surface area contributed by atoms with E-state index in [-0.39, 0.29) is 4.90 Å². The lowest BCUT2D eigenvalue weighted by molar-refractivity contribution is -0.388. The monoisotopic (exact) mass is 282 g/mol. The number of pyridine rings is 1. The average Bonchev–Trinajstić information content (AvgIpc) is 2.24. The van der Waals surface area contributed by atoms with Gasteiger partial charge in [0.25, 0.3) is 0 Å². The fourth-order valence-corrected chi connectivity index (χ4v) is 1.73. The molecule has 10 heteroatoms. The maximum Gasteiger partial charge on any atom is 0.433 e. The minimum absolute atomic E-state index is 0.385. The first-order chi connectivity index (χ1) is 8.21. The SMILES string of the molecule is O=C(O)CSc1cc(C(F)(F)F)ncc1[N+](=O)[O-]. The van der Waals surface area contributed by atoms with E-state index in [9.17, 15) is 28.1 Å². The summed E-state index contributed by atoms with van der Waals surface area (Å²) in [4.78, 5) is 22.5. The number of carboxylic acids is 1. The van der Waals surface area contributed by atoms with Crippen LogP contribution in [0.15, 0.2) is 17.2 Å². The molecule has 0 saturated carbocycles. The highest BCUT2D eigenvalue weighted by Gasteiger charge is 2.34. The Hall–Kier alpha value is -1.84. The molecule has 0 fully saturated rings. The van der Waals surface area contributed by atoms with Crippen LogP contribution in [0.4, 0.5) is 18.9 Å². The molecule has 0 spiro atoms. The van der Waals surface area contributed by atoms with E-state index >= 15 is 0 Å². The minimum Gasteiger partial charge on any atom is -0.481 e. The van der Waals surface area contributed by atoms with Crippen LogP contribution in [0.25, 0.3) is 0 Å². The van der Waals surface area contributed by atoms with Crippen molar-refractivity contribution in [1.82, 2.24) is 4.98 Å². The van der Waals surface area contributed by atoms with Crippen LogP contribution in [-0.4, -0.2) is 26.7 Å². The molecule has 1 aromatic rings. The number of nitro groups is 1. The van der Waals surface area contributed by atoms with Crippen LogP contribution in [0.1, 0.15) is 5.69 Å². The molecule has 1 N–H and O–H groups in total. The first-order valence-corrected chi connectivity index (χ1v) is 5.26. The summed E-state index contributed by atoms with van der Waals surface area (Å²) in [6, 6.07) is 0.464. The van der Waals surface area contributed by atoms with Crippen LogP contribution in [-0.2, 0) is 11.0 Å². The Labute approximate surface area is 102 Å². The number of hydrogen-bond acceptors (Lipinski definition) is 5. The topological polar surface area (TPSA) is 93.3 Å². The highest BCUT2D eigenvalue weighted by atomic mass is 32.2. The van der Waals surface area contributed by atoms with Crippen LogP contribution in [0, 0.1) is 10.1 Å². The number of aromatic nitrogens is 1. The molecular weight excluding hydrogens is 277 g/mol. The van der Waals surface area contributed by atoms with Gasteiger partial charge in [-0.2, -0.15) is 13.2 Å². The van der Waals surface area contributed by atoms with Crippen molar-refractivity contribution < 1.29 is 28.0 Å². The van der Waals surface area contributed by atoms with Gasteiger partial charge in [-0.15, -0.1) is 11.8 Å². The van der Waals surface area contributed by atoms with E-state index in [4.69, 9.17) is 5.11 Å². The highest BCUT2D eigenvalue weighted by molar-refractivity contribution is 8.00. The molecule has 18 heavy (non-hydrogen) atoms. The summed E-state index contributed by atoms with van der Waals surface area (Å²) < 4.78 is 37.0. The van der Waals surface area contributed by atoms with Gasteiger partial charge in [0.05, 0.1) is 15.6 Å². The van der Waals surface area contributed by atoms with Crippen molar-refractivity contribution in [3.8, 4) is 0 Å². The van der Waals surface area contributed by atoms with Crippen LogP contribution in [0.5, 0.6) is 0 Å². The number of hydrogen-bond donors (Lipinski definition) is 1. The lowest BCUT2D eigenvalue weighted by atomic mass is 10.3. The van der Waals surface area contributed by atoms with Gasteiger partial charge in [0.15, 0.2) is 0 Å². The molecule has 6 nitrogen and oxygen atoms in total. The largest absolute Gasteiger partial charge is 0.481 e.